The summed E-state index contributed by atoms with van der Waals surface area (Å²) in [5, 5.41) is 16.7. The Morgan fingerprint density at radius 2 is 1.11 bits per heavy atom. The van der Waals surface area contributed by atoms with Gasteiger partial charge in [-0.25, -0.2) is 9.97 Å². The fraction of sp³-hybridized carbons (Fsp3) is 0.0625. The van der Waals surface area contributed by atoms with E-state index in [0.29, 0.717) is 17.1 Å². The van der Waals surface area contributed by atoms with E-state index in [0.717, 1.165) is 55.4 Å². The molecular formula is C32H25N9O3. The van der Waals surface area contributed by atoms with E-state index in [-0.39, 0.29) is 12.1 Å². The Labute approximate surface area is 249 Å². The van der Waals surface area contributed by atoms with Gasteiger partial charge in [0.15, 0.2) is 11.6 Å². The highest BCUT2D eigenvalue weighted by Crippen LogP contribution is 2.28. The number of rotatable bonds is 3. The van der Waals surface area contributed by atoms with Gasteiger partial charge in [0.05, 0.1) is 33.1 Å². The van der Waals surface area contributed by atoms with Gasteiger partial charge in [-0.3, -0.25) is 15.0 Å². The lowest BCUT2D eigenvalue weighted by atomic mass is 10.1. The highest BCUT2D eigenvalue weighted by molar-refractivity contribution is 6.01. The van der Waals surface area contributed by atoms with Crippen LogP contribution in [0.25, 0.3) is 66.9 Å². The minimum Gasteiger partial charge on any atom is -0.345 e. The van der Waals surface area contributed by atoms with Crippen molar-refractivity contribution >= 4 is 55.9 Å². The van der Waals surface area contributed by atoms with Crippen molar-refractivity contribution in [3.05, 3.63) is 96.6 Å². The molecule has 4 aromatic carbocycles. The maximum atomic E-state index is 12.2. The summed E-state index contributed by atoms with van der Waals surface area (Å²) in [7, 11) is 3.48. The van der Waals surface area contributed by atoms with Crippen LogP contribution in [-0.4, -0.2) is 71.4 Å². The Bertz CT molecular complexity index is 2220. The molecule has 0 spiro atoms. The molecule has 0 aliphatic carbocycles. The van der Waals surface area contributed by atoms with Crippen LogP contribution in [0.3, 0.4) is 0 Å². The summed E-state index contributed by atoms with van der Waals surface area (Å²) < 4.78 is 0. The van der Waals surface area contributed by atoms with E-state index in [1.807, 2.05) is 84.9 Å². The summed E-state index contributed by atoms with van der Waals surface area (Å²) in [6, 6.07) is 29.4. The van der Waals surface area contributed by atoms with Crippen LogP contribution in [0, 0.1) is 0 Å². The number of nitrogens with zero attached hydrogens (tertiary/aromatic N) is 5. The largest absolute Gasteiger partial charge is 0.373 e. The molecule has 0 fully saturated rings. The molecular weight excluding hydrogens is 558 g/mol. The number of aromatic nitrogens is 8. The Kier molecular flexibility index (Phi) is 7.47. The zero-order chi connectivity index (χ0) is 30.6. The van der Waals surface area contributed by atoms with Gasteiger partial charge < -0.3 is 14.9 Å². The van der Waals surface area contributed by atoms with Crippen LogP contribution in [0.15, 0.2) is 91.0 Å². The molecule has 0 atom stereocenters. The molecule has 216 valence electrons. The molecule has 8 aromatic rings. The van der Waals surface area contributed by atoms with Crippen LogP contribution < -0.4 is 0 Å². The molecule has 12 nitrogen and oxygen atoms in total. The summed E-state index contributed by atoms with van der Waals surface area (Å²) in [6.07, 6.45) is 0.250. The van der Waals surface area contributed by atoms with Crippen molar-refractivity contribution in [3.8, 4) is 23.0 Å². The Balaban J connectivity index is 0.000000147. The first-order chi connectivity index (χ1) is 21.5. The lowest BCUT2D eigenvalue weighted by Crippen LogP contribution is -2.21. The third-order valence-corrected chi connectivity index (χ3v) is 6.91. The number of amides is 1. The standard InChI is InChI=1S/C17H15N5O.C14H10N4.CO2/c1-22(2)17(23)10-7-8-12-11(9-10)15(21-20-12)16-18-13-5-3-4-6-14(13)19-16;1-2-6-10-9(5-1)13(18-17-10)14-15-11-7-3-4-8-12(11)16-14;2-1-3/h3-9H,1-2H3,(H,18,19)(H,20,21);1-8H,(H,15,16)(H,17,18);. The van der Waals surface area contributed by atoms with Gasteiger partial charge in [0.2, 0.25) is 0 Å². The normalized spacial score (nSPS) is 10.7. The fourth-order valence-electron chi connectivity index (χ4n) is 4.86. The quantitative estimate of drug-likeness (QED) is 0.218. The maximum Gasteiger partial charge on any atom is 0.373 e. The molecule has 0 aliphatic rings. The van der Waals surface area contributed by atoms with Crippen molar-refractivity contribution in [3.63, 3.8) is 0 Å². The van der Waals surface area contributed by atoms with Gasteiger partial charge >= 0.3 is 6.15 Å². The smallest absolute Gasteiger partial charge is 0.345 e. The lowest BCUT2D eigenvalue weighted by molar-refractivity contribution is -0.191. The summed E-state index contributed by atoms with van der Waals surface area (Å²) in [5.41, 5.74) is 7.92. The van der Waals surface area contributed by atoms with Crippen molar-refractivity contribution < 1.29 is 14.4 Å². The van der Waals surface area contributed by atoms with Crippen LogP contribution in [0.2, 0.25) is 0 Å². The number of para-hydroxylation sites is 5. The van der Waals surface area contributed by atoms with Crippen LogP contribution in [0.1, 0.15) is 10.4 Å². The summed E-state index contributed by atoms with van der Waals surface area (Å²) in [4.78, 5) is 45.7. The number of H-pyrrole nitrogens is 4. The molecule has 0 saturated heterocycles. The SMILES string of the molecule is CN(C)C(=O)c1ccc2[nH]nc(-c3nc4ccccc4[nH]3)c2c1.O=C=O.c1ccc2[nH]c(-c3n[nH]c4ccccc34)nc2c1. The first-order valence-electron chi connectivity index (χ1n) is 13.5. The molecule has 0 radical (unpaired) electrons. The van der Waals surface area contributed by atoms with Gasteiger partial charge in [-0.2, -0.15) is 19.8 Å². The second-order valence-electron chi connectivity index (χ2n) is 9.94. The average molecular weight is 584 g/mol. The third kappa shape index (κ3) is 5.31. The number of benzene rings is 4. The molecule has 4 N–H and O–H groups in total. The molecule has 44 heavy (non-hydrogen) atoms. The van der Waals surface area contributed by atoms with Crippen LogP contribution in [0.4, 0.5) is 0 Å². The molecule has 0 bridgehead atoms. The van der Waals surface area contributed by atoms with Gasteiger partial charge in [0.1, 0.15) is 11.4 Å². The fourth-order valence-corrected chi connectivity index (χ4v) is 4.86. The topological polar surface area (TPSA) is 169 Å². The number of fused-ring (bicyclic) bond motifs is 4. The van der Waals surface area contributed by atoms with Crippen LogP contribution in [0.5, 0.6) is 0 Å². The van der Waals surface area contributed by atoms with E-state index in [4.69, 9.17) is 9.59 Å². The minimum absolute atomic E-state index is 0.0383. The molecule has 0 saturated carbocycles. The van der Waals surface area contributed by atoms with E-state index >= 15 is 0 Å². The minimum atomic E-state index is -0.0383. The third-order valence-electron chi connectivity index (χ3n) is 6.91. The number of hydrogen-bond acceptors (Lipinski definition) is 7. The predicted molar refractivity (Wildman–Crippen MR) is 165 cm³/mol. The van der Waals surface area contributed by atoms with E-state index in [1.54, 1.807) is 25.1 Å². The second-order valence-corrected chi connectivity index (χ2v) is 9.94. The van der Waals surface area contributed by atoms with Crippen molar-refractivity contribution in [1.29, 1.82) is 0 Å². The number of imidazole rings is 2. The number of aromatic amines is 4. The molecule has 4 aromatic heterocycles. The zero-order valence-electron chi connectivity index (χ0n) is 23.6. The predicted octanol–water partition coefficient (Wildman–Crippen LogP) is 5.33. The Hall–Kier alpha value is -6.39. The van der Waals surface area contributed by atoms with Crippen molar-refractivity contribution in [1.82, 2.24) is 45.2 Å². The second kappa shape index (κ2) is 11.8. The Morgan fingerprint density at radius 3 is 1.66 bits per heavy atom. The van der Waals surface area contributed by atoms with E-state index in [1.165, 1.54) is 0 Å². The van der Waals surface area contributed by atoms with Gasteiger partial charge in [0, 0.05) is 30.4 Å². The van der Waals surface area contributed by atoms with Crippen molar-refractivity contribution in [2.75, 3.05) is 14.1 Å². The summed E-state index contributed by atoms with van der Waals surface area (Å²) >= 11 is 0. The highest BCUT2D eigenvalue weighted by atomic mass is 16.2. The number of hydrogen-bond donors (Lipinski definition) is 4. The van der Waals surface area contributed by atoms with E-state index in [2.05, 4.69) is 40.3 Å². The molecule has 0 unspecified atom stereocenters. The van der Waals surface area contributed by atoms with Crippen LogP contribution >= 0.6 is 0 Å². The summed E-state index contributed by atoms with van der Waals surface area (Å²) in [5.74, 6) is 1.45. The molecule has 0 aliphatic heterocycles. The van der Waals surface area contributed by atoms with Gasteiger partial charge in [0.25, 0.3) is 5.91 Å². The number of nitrogens with one attached hydrogen (secondary N) is 4. The molecule has 4 heterocycles. The van der Waals surface area contributed by atoms with E-state index in [9.17, 15) is 4.79 Å². The zero-order valence-corrected chi connectivity index (χ0v) is 23.6. The van der Waals surface area contributed by atoms with Crippen molar-refractivity contribution in [2.24, 2.45) is 0 Å². The first kappa shape index (κ1) is 27.8. The molecule has 1 amide bonds. The highest BCUT2D eigenvalue weighted by Gasteiger charge is 2.16. The average Bonchev–Trinajstić information content (AvgIpc) is 3.84. The van der Waals surface area contributed by atoms with Crippen molar-refractivity contribution in [2.45, 2.75) is 0 Å². The van der Waals surface area contributed by atoms with E-state index < -0.39 is 0 Å². The van der Waals surface area contributed by atoms with Crippen LogP contribution in [-0.2, 0) is 9.59 Å². The summed E-state index contributed by atoms with van der Waals surface area (Å²) in [6.45, 7) is 0. The molecule has 8 rings (SSSR count). The van der Waals surface area contributed by atoms with Gasteiger partial charge in [-0.05, 0) is 48.5 Å². The first-order valence-corrected chi connectivity index (χ1v) is 13.5. The lowest BCUT2D eigenvalue weighted by Gasteiger charge is -2.09. The number of carbonyl (C=O) groups excluding carboxylic acids is 3. The number of carbonyl (C=O) groups is 1. The Morgan fingerprint density at radius 1 is 0.636 bits per heavy atom. The van der Waals surface area contributed by atoms with Gasteiger partial charge in [-0.15, -0.1) is 0 Å². The maximum absolute atomic E-state index is 12.2. The molecule has 12 heteroatoms. The monoisotopic (exact) mass is 583 g/mol. The van der Waals surface area contributed by atoms with Gasteiger partial charge in [-0.1, -0.05) is 42.5 Å².